The summed E-state index contributed by atoms with van der Waals surface area (Å²) in [6, 6.07) is 9.60. The molecular weight excluding hydrogens is 319 g/mol. The van der Waals surface area contributed by atoms with E-state index in [0.717, 1.165) is 12.1 Å². The van der Waals surface area contributed by atoms with Crippen LogP contribution in [0.4, 0.5) is 4.39 Å². The van der Waals surface area contributed by atoms with Gasteiger partial charge in [-0.05, 0) is 42.5 Å². The summed E-state index contributed by atoms with van der Waals surface area (Å²) in [5.41, 5.74) is 1.25. The topological polar surface area (TPSA) is 51.2 Å². The van der Waals surface area contributed by atoms with Gasteiger partial charge in [-0.15, -0.1) is 0 Å². The average molecular weight is 342 g/mol. The third-order valence-electron chi connectivity index (χ3n) is 4.55. The Kier molecular flexibility index (Phi) is 5.99. The molecule has 3 rings (SSSR count). The summed E-state index contributed by atoms with van der Waals surface area (Å²) >= 11 is 0. The summed E-state index contributed by atoms with van der Waals surface area (Å²) in [6.45, 7) is 0.967. The number of nitrogens with one attached hydrogen (secondary N) is 1. The summed E-state index contributed by atoms with van der Waals surface area (Å²) < 4.78 is 18.7. The van der Waals surface area contributed by atoms with E-state index >= 15 is 0 Å². The highest BCUT2D eigenvalue weighted by Gasteiger charge is 2.15. The molecule has 1 N–H and O–H groups in total. The number of carbonyl (C=O) groups is 1. The number of benzene rings is 1. The molecule has 0 atom stereocenters. The molecular formula is C20H23FN2O2. The van der Waals surface area contributed by atoms with Gasteiger partial charge in [0.25, 0.3) is 5.91 Å². The Morgan fingerprint density at radius 3 is 2.76 bits per heavy atom. The largest absolute Gasteiger partial charge is 0.473 e. The molecule has 5 heteroatoms. The molecule has 1 aromatic heterocycles. The zero-order chi connectivity index (χ0) is 17.5. The lowest BCUT2D eigenvalue weighted by Gasteiger charge is -2.21. The Bertz CT molecular complexity index is 697. The number of ether oxygens (including phenoxy) is 1. The molecule has 1 saturated carbocycles. The molecule has 1 aliphatic rings. The quantitative estimate of drug-likeness (QED) is 0.859. The number of amides is 1. The predicted molar refractivity (Wildman–Crippen MR) is 93.9 cm³/mol. The van der Waals surface area contributed by atoms with Crippen LogP contribution in [0.3, 0.4) is 0 Å². The summed E-state index contributed by atoms with van der Waals surface area (Å²) in [5, 5.41) is 2.99. The second kappa shape index (κ2) is 8.60. The van der Waals surface area contributed by atoms with Crippen molar-refractivity contribution in [3.05, 3.63) is 59.5 Å². The zero-order valence-electron chi connectivity index (χ0n) is 14.2. The smallest absolute Gasteiger partial charge is 0.252 e. The second-order valence-corrected chi connectivity index (χ2v) is 6.52. The first-order valence-electron chi connectivity index (χ1n) is 8.82. The number of hydrogen-bond donors (Lipinski definition) is 1. The molecule has 2 aromatic rings. The molecule has 0 bridgehead atoms. The van der Waals surface area contributed by atoms with Gasteiger partial charge >= 0.3 is 0 Å². The fraction of sp³-hybridized carbons (Fsp3) is 0.400. The minimum absolute atomic E-state index is 0.102. The maximum absolute atomic E-state index is 13.1. The Hall–Kier alpha value is -2.43. The first kappa shape index (κ1) is 17.4. The molecule has 0 radical (unpaired) electrons. The van der Waals surface area contributed by atoms with Crippen molar-refractivity contribution in [3.8, 4) is 5.88 Å². The Morgan fingerprint density at radius 2 is 2.04 bits per heavy atom. The molecule has 0 aliphatic heterocycles. The van der Waals surface area contributed by atoms with Crippen molar-refractivity contribution in [3.63, 3.8) is 0 Å². The highest BCUT2D eigenvalue weighted by Crippen LogP contribution is 2.22. The van der Waals surface area contributed by atoms with Gasteiger partial charge in [0.1, 0.15) is 12.4 Å². The number of nitrogens with zero attached hydrogens (tertiary/aromatic N) is 1. The standard InChI is InChI=1S/C20H23FN2O2/c21-18-8-4-7-16(11-18)14-25-19-10-9-17(13-22-19)20(24)23-12-15-5-2-1-3-6-15/h4,7-11,13,15H,1-3,5-6,12,14H2,(H,23,24). The number of hydrogen-bond acceptors (Lipinski definition) is 3. The van der Waals surface area contributed by atoms with Crippen molar-refractivity contribution in [2.45, 2.75) is 38.7 Å². The molecule has 1 fully saturated rings. The SMILES string of the molecule is O=C(NCC1CCCCC1)c1ccc(OCc2cccc(F)c2)nc1. The first-order chi connectivity index (χ1) is 12.2. The normalized spacial score (nSPS) is 14.9. The maximum atomic E-state index is 13.1. The second-order valence-electron chi connectivity index (χ2n) is 6.52. The van der Waals surface area contributed by atoms with Crippen LogP contribution in [0.2, 0.25) is 0 Å². The van der Waals surface area contributed by atoms with E-state index in [4.69, 9.17) is 4.74 Å². The van der Waals surface area contributed by atoms with Crippen molar-refractivity contribution in [2.75, 3.05) is 6.54 Å². The molecule has 1 heterocycles. The maximum Gasteiger partial charge on any atom is 0.252 e. The van der Waals surface area contributed by atoms with Crippen LogP contribution in [0, 0.1) is 11.7 Å². The number of pyridine rings is 1. The number of aromatic nitrogens is 1. The number of rotatable bonds is 6. The molecule has 1 aliphatic carbocycles. The number of carbonyl (C=O) groups excluding carboxylic acids is 1. The van der Waals surface area contributed by atoms with Crippen LogP contribution in [-0.4, -0.2) is 17.4 Å². The third kappa shape index (κ3) is 5.28. The van der Waals surface area contributed by atoms with Gasteiger partial charge in [0.15, 0.2) is 0 Å². The van der Waals surface area contributed by atoms with Crippen LogP contribution in [0.5, 0.6) is 5.88 Å². The lowest BCUT2D eigenvalue weighted by molar-refractivity contribution is 0.0943. The summed E-state index contributed by atoms with van der Waals surface area (Å²) in [4.78, 5) is 16.3. The molecule has 4 nitrogen and oxygen atoms in total. The molecule has 0 spiro atoms. The van der Waals surface area contributed by atoms with E-state index in [-0.39, 0.29) is 18.3 Å². The van der Waals surface area contributed by atoms with Gasteiger partial charge < -0.3 is 10.1 Å². The zero-order valence-corrected chi connectivity index (χ0v) is 14.2. The van der Waals surface area contributed by atoms with E-state index < -0.39 is 0 Å². The van der Waals surface area contributed by atoms with E-state index in [2.05, 4.69) is 10.3 Å². The monoisotopic (exact) mass is 342 g/mol. The van der Waals surface area contributed by atoms with Crippen LogP contribution in [-0.2, 0) is 6.61 Å². The first-order valence-corrected chi connectivity index (χ1v) is 8.82. The van der Waals surface area contributed by atoms with Crippen LogP contribution in [0.25, 0.3) is 0 Å². The van der Waals surface area contributed by atoms with Crippen molar-refractivity contribution in [1.29, 1.82) is 0 Å². The van der Waals surface area contributed by atoms with E-state index in [1.165, 1.54) is 50.4 Å². The molecule has 0 saturated heterocycles. The van der Waals surface area contributed by atoms with E-state index in [0.29, 0.717) is 17.4 Å². The fourth-order valence-corrected chi connectivity index (χ4v) is 3.11. The van der Waals surface area contributed by atoms with Crippen LogP contribution >= 0.6 is 0 Å². The molecule has 25 heavy (non-hydrogen) atoms. The van der Waals surface area contributed by atoms with E-state index in [1.54, 1.807) is 24.3 Å². The number of halogens is 1. The lowest BCUT2D eigenvalue weighted by Crippen LogP contribution is -2.30. The highest BCUT2D eigenvalue weighted by molar-refractivity contribution is 5.93. The van der Waals surface area contributed by atoms with Crippen LogP contribution < -0.4 is 10.1 Å². The summed E-state index contributed by atoms with van der Waals surface area (Å²) in [5.74, 6) is 0.612. The third-order valence-corrected chi connectivity index (χ3v) is 4.55. The van der Waals surface area contributed by atoms with Gasteiger partial charge in [0, 0.05) is 18.8 Å². The molecule has 1 aromatic carbocycles. The van der Waals surface area contributed by atoms with Crippen LogP contribution in [0.1, 0.15) is 48.0 Å². The minimum Gasteiger partial charge on any atom is -0.473 e. The van der Waals surface area contributed by atoms with Crippen molar-refractivity contribution in [1.82, 2.24) is 10.3 Å². The van der Waals surface area contributed by atoms with E-state index in [9.17, 15) is 9.18 Å². The van der Waals surface area contributed by atoms with Gasteiger partial charge in [-0.3, -0.25) is 4.79 Å². The van der Waals surface area contributed by atoms with Gasteiger partial charge in [0.2, 0.25) is 5.88 Å². The molecule has 0 unspecified atom stereocenters. The lowest BCUT2D eigenvalue weighted by atomic mass is 9.89. The average Bonchev–Trinajstić information content (AvgIpc) is 2.66. The Morgan fingerprint density at radius 1 is 1.20 bits per heavy atom. The minimum atomic E-state index is -0.293. The van der Waals surface area contributed by atoms with Crippen molar-refractivity contribution < 1.29 is 13.9 Å². The van der Waals surface area contributed by atoms with Gasteiger partial charge in [-0.1, -0.05) is 31.4 Å². The predicted octanol–water partition coefficient (Wildman–Crippen LogP) is 4.11. The summed E-state index contributed by atoms with van der Waals surface area (Å²) in [6.07, 6.45) is 7.75. The van der Waals surface area contributed by atoms with Crippen molar-refractivity contribution >= 4 is 5.91 Å². The molecule has 132 valence electrons. The van der Waals surface area contributed by atoms with E-state index in [1.807, 2.05) is 0 Å². The summed E-state index contributed by atoms with van der Waals surface area (Å²) in [7, 11) is 0. The highest BCUT2D eigenvalue weighted by atomic mass is 19.1. The van der Waals surface area contributed by atoms with Crippen LogP contribution in [0.15, 0.2) is 42.6 Å². The van der Waals surface area contributed by atoms with Gasteiger partial charge in [0.05, 0.1) is 5.56 Å². The fourth-order valence-electron chi connectivity index (χ4n) is 3.11. The van der Waals surface area contributed by atoms with Gasteiger partial charge in [-0.2, -0.15) is 0 Å². The van der Waals surface area contributed by atoms with Crippen molar-refractivity contribution in [2.24, 2.45) is 5.92 Å². The Labute approximate surface area is 147 Å². The Balaban J connectivity index is 1.48. The molecule has 1 amide bonds. The van der Waals surface area contributed by atoms with Gasteiger partial charge in [-0.25, -0.2) is 9.37 Å².